The van der Waals surface area contributed by atoms with E-state index in [-0.39, 0.29) is 6.61 Å². The van der Waals surface area contributed by atoms with Crippen LogP contribution in [-0.2, 0) is 5.11 Å². The van der Waals surface area contributed by atoms with Crippen molar-refractivity contribution in [3.63, 3.8) is 0 Å². The number of amides is 2. The Labute approximate surface area is 87.6 Å². The SMILES string of the molecule is NNC(=O)Nc1cccc(C=CC[O])c1. The summed E-state index contributed by atoms with van der Waals surface area (Å²) in [6.07, 6.45) is 3.20. The summed E-state index contributed by atoms with van der Waals surface area (Å²) in [6.45, 7) is -0.263. The highest BCUT2D eigenvalue weighted by Crippen LogP contribution is 2.11. The molecule has 15 heavy (non-hydrogen) atoms. The Kier molecular flexibility index (Phi) is 4.33. The summed E-state index contributed by atoms with van der Waals surface area (Å²) in [5.74, 6) is 4.92. The van der Waals surface area contributed by atoms with Gasteiger partial charge < -0.3 is 5.32 Å². The first-order valence-electron chi connectivity index (χ1n) is 4.38. The van der Waals surface area contributed by atoms with Gasteiger partial charge in [-0.1, -0.05) is 24.3 Å². The number of nitrogens with one attached hydrogen (secondary N) is 2. The van der Waals surface area contributed by atoms with Crippen LogP contribution in [0.3, 0.4) is 0 Å². The van der Waals surface area contributed by atoms with Crippen LogP contribution in [0.25, 0.3) is 6.08 Å². The molecule has 0 spiro atoms. The van der Waals surface area contributed by atoms with Gasteiger partial charge in [0.05, 0.1) is 0 Å². The highest BCUT2D eigenvalue weighted by Gasteiger charge is 1.98. The lowest BCUT2D eigenvalue weighted by atomic mass is 10.2. The predicted octanol–water partition coefficient (Wildman–Crippen LogP) is 1.13. The lowest BCUT2D eigenvalue weighted by Crippen LogP contribution is -2.34. The molecular formula is C10H12N3O2. The van der Waals surface area contributed by atoms with Crippen molar-refractivity contribution in [3.8, 4) is 0 Å². The molecule has 0 aliphatic carbocycles. The van der Waals surface area contributed by atoms with Crippen molar-refractivity contribution in [3.05, 3.63) is 35.9 Å². The van der Waals surface area contributed by atoms with E-state index in [4.69, 9.17) is 5.84 Å². The van der Waals surface area contributed by atoms with E-state index in [0.717, 1.165) is 5.56 Å². The molecule has 5 heteroatoms. The molecule has 0 aliphatic heterocycles. The fourth-order valence-corrected chi connectivity index (χ4v) is 1.07. The molecule has 0 aromatic heterocycles. The maximum atomic E-state index is 10.9. The molecule has 0 unspecified atom stereocenters. The average molecular weight is 206 g/mol. The van der Waals surface area contributed by atoms with Gasteiger partial charge in [-0.05, 0) is 17.7 Å². The summed E-state index contributed by atoms with van der Waals surface area (Å²) in [5, 5.41) is 12.8. The summed E-state index contributed by atoms with van der Waals surface area (Å²) < 4.78 is 0. The molecule has 1 aromatic rings. The number of benzene rings is 1. The Morgan fingerprint density at radius 2 is 2.27 bits per heavy atom. The van der Waals surface area contributed by atoms with Gasteiger partial charge in [0.25, 0.3) is 0 Å². The summed E-state index contributed by atoms with van der Waals surface area (Å²) in [6, 6.07) is 6.58. The van der Waals surface area contributed by atoms with Gasteiger partial charge in [-0.25, -0.2) is 15.7 Å². The molecule has 5 nitrogen and oxygen atoms in total. The third-order valence-electron chi connectivity index (χ3n) is 1.68. The lowest BCUT2D eigenvalue weighted by Gasteiger charge is -2.04. The Hall–Kier alpha value is -1.85. The first-order valence-corrected chi connectivity index (χ1v) is 4.38. The van der Waals surface area contributed by atoms with Crippen LogP contribution in [0.2, 0.25) is 0 Å². The Morgan fingerprint density at radius 1 is 1.47 bits per heavy atom. The van der Waals surface area contributed by atoms with Crippen LogP contribution in [0.4, 0.5) is 10.5 Å². The van der Waals surface area contributed by atoms with Gasteiger partial charge in [0.15, 0.2) is 0 Å². The highest BCUT2D eigenvalue weighted by molar-refractivity contribution is 5.89. The van der Waals surface area contributed by atoms with Gasteiger partial charge >= 0.3 is 6.03 Å². The van der Waals surface area contributed by atoms with E-state index in [1.165, 1.54) is 6.08 Å². The van der Waals surface area contributed by atoms with Gasteiger partial charge in [0.1, 0.15) is 6.61 Å². The number of carbonyl (C=O) groups excluding carboxylic acids is 1. The molecule has 0 atom stereocenters. The molecule has 0 fully saturated rings. The number of urea groups is 1. The van der Waals surface area contributed by atoms with Gasteiger partial charge in [-0.3, -0.25) is 5.43 Å². The van der Waals surface area contributed by atoms with Crippen LogP contribution in [0, 0.1) is 0 Å². The molecule has 0 heterocycles. The molecule has 2 amide bonds. The summed E-state index contributed by atoms with van der Waals surface area (Å²) in [5.41, 5.74) is 3.42. The largest absolute Gasteiger partial charge is 0.333 e. The number of hydrogen-bond acceptors (Lipinski definition) is 2. The first kappa shape index (κ1) is 11.2. The van der Waals surface area contributed by atoms with Crippen LogP contribution in [0.5, 0.6) is 0 Å². The van der Waals surface area contributed by atoms with E-state index in [1.54, 1.807) is 24.3 Å². The summed E-state index contributed by atoms with van der Waals surface area (Å²) in [4.78, 5) is 10.9. The third kappa shape index (κ3) is 3.80. The van der Waals surface area contributed by atoms with E-state index in [9.17, 15) is 9.90 Å². The predicted molar refractivity (Wildman–Crippen MR) is 57.4 cm³/mol. The number of rotatable bonds is 3. The Bertz CT molecular complexity index is 363. The van der Waals surface area contributed by atoms with E-state index in [2.05, 4.69) is 5.32 Å². The molecule has 79 valence electrons. The van der Waals surface area contributed by atoms with Crippen LogP contribution in [-0.4, -0.2) is 12.6 Å². The van der Waals surface area contributed by atoms with Crippen molar-refractivity contribution < 1.29 is 9.90 Å². The minimum atomic E-state index is -0.486. The number of hydrazine groups is 1. The quantitative estimate of drug-likeness (QED) is 0.393. The molecule has 4 N–H and O–H groups in total. The lowest BCUT2D eigenvalue weighted by molar-refractivity contribution is 0.233. The second kappa shape index (κ2) is 5.79. The fraction of sp³-hybridized carbons (Fsp3) is 0.100. The topological polar surface area (TPSA) is 87.0 Å². The van der Waals surface area contributed by atoms with Gasteiger partial charge in [0, 0.05) is 5.69 Å². The van der Waals surface area contributed by atoms with Crippen molar-refractivity contribution in [1.82, 2.24) is 5.43 Å². The van der Waals surface area contributed by atoms with E-state index in [1.807, 2.05) is 11.5 Å². The maximum Gasteiger partial charge on any atom is 0.333 e. The van der Waals surface area contributed by atoms with Gasteiger partial charge in [-0.2, -0.15) is 0 Å². The molecule has 0 saturated carbocycles. The van der Waals surface area contributed by atoms with Gasteiger partial charge in [0.2, 0.25) is 0 Å². The van der Waals surface area contributed by atoms with E-state index in [0.29, 0.717) is 5.69 Å². The fourth-order valence-electron chi connectivity index (χ4n) is 1.07. The summed E-state index contributed by atoms with van der Waals surface area (Å²) >= 11 is 0. The van der Waals surface area contributed by atoms with Crippen molar-refractivity contribution in [2.45, 2.75) is 0 Å². The van der Waals surface area contributed by atoms with Crippen molar-refractivity contribution in [2.75, 3.05) is 11.9 Å². The number of anilines is 1. The van der Waals surface area contributed by atoms with Crippen LogP contribution in [0.1, 0.15) is 5.56 Å². The number of nitrogens with two attached hydrogens (primary N) is 1. The van der Waals surface area contributed by atoms with E-state index < -0.39 is 6.03 Å². The normalized spacial score (nSPS) is 10.3. The zero-order chi connectivity index (χ0) is 11.1. The van der Waals surface area contributed by atoms with Gasteiger partial charge in [-0.15, -0.1) is 0 Å². The molecular weight excluding hydrogens is 194 g/mol. The molecule has 0 saturated heterocycles. The van der Waals surface area contributed by atoms with Crippen molar-refractivity contribution in [2.24, 2.45) is 5.84 Å². The zero-order valence-electron chi connectivity index (χ0n) is 8.07. The van der Waals surface area contributed by atoms with Crippen LogP contribution >= 0.6 is 0 Å². The van der Waals surface area contributed by atoms with Crippen molar-refractivity contribution in [1.29, 1.82) is 0 Å². The standard InChI is InChI=1S/C10H12N3O2/c11-13-10(15)12-9-5-1-3-8(7-9)4-2-6-14/h1-5,7H,6,11H2,(H2,12,13,15). The molecule has 1 aromatic carbocycles. The first-order chi connectivity index (χ1) is 7.26. The Balaban J connectivity index is 2.74. The number of carbonyl (C=O) groups is 1. The smallest absolute Gasteiger partial charge is 0.307 e. The van der Waals surface area contributed by atoms with Crippen LogP contribution < -0.4 is 16.6 Å². The average Bonchev–Trinajstić information content (AvgIpc) is 2.26. The third-order valence-corrected chi connectivity index (χ3v) is 1.68. The zero-order valence-corrected chi connectivity index (χ0v) is 8.07. The molecule has 1 radical (unpaired) electrons. The summed E-state index contributed by atoms with van der Waals surface area (Å²) in [7, 11) is 0. The second-order valence-electron chi connectivity index (χ2n) is 2.79. The minimum absolute atomic E-state index is 0.263. The molecule has 0 aliphatic rings. The van der Waals surface area contributed by atoms with Crippen molar-refractivity contribution >= 4 is 17.8 Å². The van der Waals surface area contributed by atoms with E-state index >= 15 is 0 Å². The Morgan fingerprint density at radius 3 is 2.93 bits per heavy atom. The highest BCUT2D eigenvalue weighted by atomic mass is 16.2. The molecule has 1 rings (SSSR count). The number of hydrogen-bond donors (Lipinski definition) is 3. The van der Waals surface area contributed by atoms with Crippen LogP contribution in [0.15, 0.2) is 30.3 Å². The monoisotopic (exact) mass is 206 g/mol. The molecule has 0 bridgehead atoms. The second-order valence-corrected chi connectivity index (χ2v) is 2.79. The minimum Gasteiger partial charge on any atom is -0.307 e. The maximum absolute atomic E-state index is 10.9.